The lowest BCUT2D eigenvalue weighted by Crippen LogP contribution is -2.63. The molecule has 1 saturated heterocycles. The van der Waals surface area contributed by atoms with Crippen LogP contribution in [-0.2, 0) is 0 Å². The van der Waals surface area contributed by atoms with Gasteiger partial charge in [-0.2, -0.15) is 0 Å². The van der Waals surface area contributed by atoms with Crippen LogP contribution in [0.5, 0.6) is 0 Å². The molecule has 1 aromatic rings. The highest BCUT2D eigenvalue weighted by molar-refractivity contribution is 5.20. The Hall–Kier alpha value is -0.930. The molecule has 1 N–H and O–H groups in total. The summed E-state index contributed by atoms with van der Waals surface area (Å²) in [6, 6.07) is 7.95. The average Bonchev–Trinajstić information content (AvgIpc) is 2.94. The molecule has 1 aliphatic carbocycles. The van der Waals surface area contributed by atoms with E-state index >= 15 is 0 Å². The van der Waals surface area contributed by atoms with E-state index in [1.807, 2.05) is 6.07 Å². The van der Waals surface area contributed by atoms with Crippen molar-refractivity contribution in [3.8, 4) is 0 Å². The normalized spacial score (nSPS) is 27.1. The molecule has 0 bridgehead atoms. The van der Waals surface area contributed by atoms with Crippen LogP contribution in [0.1, 0.15) is 57.6 Å². The Balaban J connectivity index is 1.82. The summed E-state index contributed by atoms with van der Waals surface area (Å²) < 4.78 is 13.5. The molecule has 3 heteroatoms. The highest BCUT2D eigenvalue weighted by atomic mass is 19.1. The van der Waals surface area contributed by atoms with E-state index in [-0.39, 0.29) is 11.9 Å². The summed E-state index contributed by atoms with van der Waals surface area (Å²) in [4.78, 5) is 2.61. The number of nitrogens with zero attached hydrogens (tertiary/aromatic N) is 1. The van der Waals surface area contributed by atoms with Gasteiger partial charge in [0.2, 0.25) is 0 Å². The molecule has 116 valence electrons. The largest absolute Gasteiger partial charge is 0.308 e. The monoisotopic (exact) mass is 290 g/mol. The van der Waals surface area contributed by atoms with Gasteiger partial charge in [0.15, 0.2) is 0 Å². The third-order valence-corrected chi connectivity index (χ3v) is 5.53. The molecule has 2 unspecified atom stereocenters. The zero-order chi connectivity index (χ0) is 14.9. The standard InChI is InChI=1S/C18H27FN2/c1-3-17-12-20-18(9-4-5-10-18)13-21(17)14(2)15-7-6-8-16(19)11-15/h6-8,11,14,17,20H,3-5,9-10,12-13H2,1-2H3. The molecule has 2 fully saturated rings. The summed E-state index contributed by atoms with van der Waals surface area (Å²) in [6.07, 6.45) is 6.40. The van der Waals surface area contributed by atoms with E-state index in [1.54, 1.807) is 6.07 Å². The van der Waals surface area contributed by atoms with Crippen LogP contribution in [0.3, 0.4) is 0 Å². The van der Waals surface area contributed by atoms with Crippen LogP contribution in [0.2, 0.25) is 0 Å². The minimum Gasteiger partial charge on any atom is -0.308 e. The summed E-state index contributed by atoms with van der Waals surface area (Å²) in [5.74, 6) is -0.127. The number of piperazine rings is 1. The molecule has 21 heavy (non-hydrogen) atoms. The van der Waals surface area contributed by atoms with Gasteiger partial charge in [-0.3, -0.25) is 4.90 Å². The number of rotatable bonds is 3. The fraction of sp³-hybridized carbons (Fsp3) is 0.667. The third kappa shape index (κ3) is 3.00. The molecule has 1 aromatic carbocycles. The first-order valence-corrected chi connectivity index (χ1v) is 8.40. The predicted molar refractivity (Wildman–Crippen MR) is 84.8 cm³/mol. The van der Waals surface area contributed by atoms with Crippen molar-refractivity contribution in [2.24, 2.45) is 0 Å². The van der Waals surface area contributed by atoms with E-state index in [4.69, 9.17) is 0 Å². The fourth-order valence-corrected chi connectivity index (χ4v) is 4.16. The van der Waals surface area contributed by atoms with E-state index in [1.165, 1.54) is 31.7 Å². The molecule has 0 amide bonds. The number of nitrogens with one attached hydrogen (secondary N) is 1. The molecule has 1 aliphatic heterocycles. The minimum absolute atomic E-state index is 0.127. The Morgan fingerprint density at radius 1 is 1.38 bits per heavy atom. The average molecular weight is 290 g/mol. The highest BCUT2D eigenvalue weighted by Gasteiger charge is 2.42. The van der Waals surface area contributed by atoms with Gasteiger partial charge in [-0.25, -0.2) is 4.39 Å². The summed E-state index contributed by atoms with van der Waals surface area (Å²) in [5, 5.41) is 3.83. The molecule has 2 atom stereocenters. The van der Waals surface area contributed by atoms with Gasteiger partial charge in [-0.15, -0.1) is 0 Å². The lowest BCUT2D eigenvalue weighted by atomic mass is 9.89. The molecule has 2 aliphatic rings. The minimum atomic E-state index is -0.127. The van der Waals surface area contributed by atoms with E-state index < -0.39 is 0 Å². The zero-order valence-electron chi connectivity index (χ0n) is 13.2. The molecule has 0 radical (unpaired) electrons. The molecule has 3 rings (SSSR count). The second kappa shape index (κ2) is 6.05. The van der Waals surface area contributed by atoms with Crippen LogP contribution in [0.4, 0.5) is 4.39 Å². The van der Waals surface area contributed by atoms with Gasteiger partial charge in [-0.05, 0) is 43.9 Å². The molecule has 1 heterocycles. The number of benzene rings is 1. The Morgan fingerprint density at radius 3 is 2.81 bits per heavy atom. The first kappa shape index (κ1) is 15.0. The van der Waals surface area contributed by atoms with Crippen LogP contribution in [-0.4, -0.2) is 29.6 Å². The van der Waals surface area contributed by atoms with Crippen LogP contribution >= 0.6 is 0 Å². The Kier molecular flexibility index (Phi) is 4.32. The maximum atomic E-state index is 13.5. The Labute approximate surface area is 127 Å². The molecular formula is C18H27FN2. The SMILES string of the molecule is CCC1CNC2(CCCC2)CN1C(C)c1cccc(F)c1. The number of halogens is 1. The first-order valence-electron chi connectivity index (χ1n) is 8.40. The van der Waals surface area contributed by atoms with Crippen LogP contribution in [0.15, 0.2) is 24.3 Å². The van der Waals surface area contributed by atoms with Crippen molar-refractivity contribution >= 4 is 0 Å². The number of hydrogen-bond donors (Lipinski definition) is 1. The van der Waals surface area contributed by atoms with Gasteiger partial charge < -0.3 is 5.32 Å². The highest BCUT2D eigenvalue weighted by Crippen LogP contribution is 2.37. The molecule has 2 nitrogen and oxygen atoms in total. The summed E-state index contributed by atoms with van der Waals surface area (Å²) in [6.45, 7) is 6.65. The van der Waals surface area contributed by atoms with Crippen molar-refractivity contribution in [1.82, 2.24) is 10.2 Å². The van der Waals surface area contributed by atoms with Crippen LogP contribution in [0.25, 0.3) is 0 Å². The second-order valence-corrected chi connectivity index (χ2v) is 6.83. The molecular weight excluding hydrogens is 263 g/mol. The smallest absolute Gasteiger partial charge is 0.123 e. The van der Waals surface area contributed by atoms with Gasteiger partial charge in [0.1, 0.15) is 5.82 Å². The molecule has 0 aromatic heterocycles. The van der Waals surface area contributed by atoms with Gasteiger partial charge in [0.25, 0.3) is 0 Å². The van der Waals surface area contributed by atoms with E-state index in [0.717, 1.165) is 25.1 Å². The molecule has 1 spiro atoms. The van der Waals surface area contributed by atoms with E-state index in [0.29, 0.717) is 11.6 Å². The zero-order valence-corrected chi connectivity index (χ0v) is 13.2. The van der Waals surface area contributed by atoms with Crippen molar-refractivity contribution < 1.29 is 4.39 Å². The maximum Gasteiger partial charge on any atom is 0.123 e. The van der Waals surface area contributed by atoms with Gasteiger partial charge in [-0.1, -0.05) is 31.9 Å². The van der Waals surface area contributed by atoms with E-state index in [2.05, 4.69) is 30.1 Å². The first-order chi connectivity index (χ1) is 10.1. The van der Waals surface area contributed by atoms with Crippen molar-refractivity contribution in [2.45, 2.75) is 63.6 Å². The predicted octanol–water partition coefficient (Wildman–Crippen LogP) is 3.88. The lowest BCUT2D eigenvalue weighted by molar-refractivity contribution is 0.0461. The lowest BCUT2D eigenvalue weighted by Gasteiger charge is -2.49. The summed E-state index contributed by atoms with van der Waals surface area (Å²) in [5.41, 5.74) is 1.41. The van der Waals surface area contributed by atoms with Crippen molar-refractivity contribution in [1.29, 1.82) is 0 Å². The van der Waals surface area contributed by atoms with Crippen molar-refractivity contribution in [2.75, 3.05) is 13.1 Å². The van der Waals surface area contributed by atoms with Crippen LogP contribution < -0.4 is 5.32 Å². The number of hydrogen-bond acceptors (Lipinski definition) is 2. The quantitative estimate of drug-likeness (QED) is 0.908. The summed E-state index contributed by atoms with van der Waals surface area (Å²) in [7, 11) is 0. The maximum absolute atomic E-state index is 13.5. The van der Waals surface area contributed by atoms with Gasteiger partial charge in [0.05, 0.1) is 0 Å². The fourth-order valence-electron chi connectivity index (χ4n) is 4.16. The topological polar surface area (TPSA) is 15.3 Å². The summed E-state index contributed by atoms with van der Waals surface area (Å²) >= 11 is 0. The van der Waals surface area contributed by atoms with Crippen molar-refractivity contribution in [3.05, 3.63) is 35.6 Å². The van der Waals surface area contributed by atoms with Gasteiger partial charge in [0, 0.05) is 30.7 Å². The van der Waals surface area contributed by atoms with E-state index in [9.17, 15) is 4.39 Å². The Morgan fingerprint density at radius 2 is 2.14 bits per heavy atom. The van der Waals surface area contributed by atoms with Gasteiger partial charge >= 0.3 is 0 Å². The molecule has 1 saturated carbocycles. The van der Waals surface area contributed by atoms with Crippen molar-refractivity contribution in [3.63, 3.8) is 0 Å². The Bertz CT molecular complexity index is 482. The third-order valence-electron chi connectivity index (χ3n) is 5.53. The second-order valence-electron chi connectivity index (χ2n) is 6.83. The van der Waals surface area contributed by atoms with Crippen LogP contribution in [0, 0.1) is 5.82 Å².